The molecule has 18 heavy (non-hydrogen) atoms. The van der Waals surface area contributed by atoms with Crippen LogP contribution in [0.5, 0.6) is 0 Å². The zero-order valence-electron chi connectivity index (χ0n) is 10.0. The fourth-order valence-corrected chi connectivity index (χ4v) is 1.61. The molecule has 0 unspecified atom stereocenters. The van der Waals surface area contributed by atoms with Gasteiger partial charge in [0.15, 0.2) is 5.82 Å². The summed E-state index contributed by atoms with van der Waals surface area (Å²) in [6.07, 6.45) is 0.0480. The van der Waals surface area contributed by atoms with Crippen molar-refractivity contribution in [2.45, 2.75) is 20.3 Å². The van der Waals surface area contributed by atoms with Crippen LogP contribution in [0, 0.1) is 13.8 Å². The second kappa shape index (κ2) is 5.18. The van der Waals surface area contributed by atoms with Crippen LogP contribution in [0.15, 0.2) is 22.7 Å². The molecule has 0 aliphatic rings. The molecule has 6 heteroatoms. The van der Waals surface area contributed by atoms with E-state index in [1.165, 1.54) is 0 Å². The van der Waals surface area contributed by atoms with E-state index >= 15 is 0 Å². The van der Waals surface area contributed by atoms with E-state index in [9.17, 15) is 4.79 Å². The van der Waals surface area contributed by atoms with E-state index in [2.05, 4.69) is 15.5 Å². The topological polar surface area (TPSA) is 68.0 Å². The fraction of sp³-hybridized carbons (Fsp3) is 0.250. The zero-order valence-corrected chi connectivity index (χ0v) is 10.8. The van der Waals surface area contributed by atoms with Crippen LogP contribution >= 0.6 is 11.6 Å². The lowest BCUT2D eigenvalue weighted by Crippen LogP contribution is -2.14. The van der Waals surface area contributed by atoms with E-state index < -0.39 is 0 Å². The normalized spacial score (nSPS) is 10.4. The molecular formula is C12H12ClN3O2. The highest BCUT2D eigenvalue weighted by Crippen LogP contribution is 2.20. The van der Waals surface area contributed by atoms with Gasteiger partial charge in [0.1, 0.15) is 6.42 Å². The van der Waals surface area contributed by atoms with Crippen LogP contribution in [-0.2, 0) is 11.2 Å². The Morgan fingerprint density at radius 2 is 2.22 bits per heavy atom. The highest BCUT2D eigenvalue weighted by atomic mass is 35.5. The van der Waals surface area contributed by atoms with E-state index in [1.54, 1.807) is 19.1 Å². The van der Waals surface area contributed by atoms with Gasteiger partial charge in [-0.25, -0.2) is 0 Å². The van der Waals surface area contributed by atoms with Gasteiger partial charge in [-0.05, 0) is 31.5 Å². The summed E-state index contributed by atoms with van der Waals surface area (Å²) in [5, 5.41) is 6.94. The summed E-state index contributed by atoms with van der Waals surface area (Å²) in [6.45, 7) is 3.60. The predicted octanol–water partition coefficient (Wildman–Crippen LogP) is 2.52. The maximum Gasteiger partial charge on any atom is 0.236 e. The summed E-state index contributed by atoms with van der Waals surface area (Å²) in [5.74, 6) is 0.581. The summed E-state index contributed by atoms with van der Waals surface area (Å²) in [4.78, 5) is 15.7. The monoisotopic (exact) mass is 265 g/mol. The van der Waals surface area contributed by atoms with Gasteiger partial charge < -0.3 is 9.84 Å². The lowest BCUT2D eigenvalue weighted by Gasteiger charge is -2.05. The van der Waals surface area contributed by atoms with Crippen molar-refractivity contribution >= 4 is 23.2 Å². The van der Waals surface area contributed by atoms with Gasteiger partial charge in [-0.2, -0.15) is 4.98 Å². The molecule has 2 rings (SSSR count). The highest BCUT2D eigenvalue weighted by molar-refractivity contribution is 6.31. The van der Waals surface area contributed by atoms with Crippen molar-refractivity contribution in [1.29, 1.82) is 0 Å². The van der Waals surface area contributed by atoms with Crippen molar-refractivity contribution in [2.75, 3.05) is 5.32 Å². The first-order valence-electron chi connectivity index (χ1n) is 5.40. The maximum absolute atomic E-state index is 11.7. The van der Waals surface area contributed by atoms with Crippen molar-refractivity contribution in [1.82, 2.24) is 10.1 Å². The van der Waals surface area contributed by atoms with Gasteiger partial charge in [-0.3, -0.25) is 4.79 Å². The lowest BCUT2D eigenvalue weighted by molar-refractivity contribution is -0.115. The van der Waals surface area contributed by atoms with Crippen molar-refractivity contribution in [3.63, 3.8) is 0 Å². The van der Waals surface area contributed by atoms with Gasteiger partial charge in [0, 0.05) is 10.7 Å². The minimum Gasteiger partial charge on any atom is -0.339 e. The molecule has 0 radical (unpaired) electrons. The number of hydrogen-bond donors (Lipinski definition) is 1. The van der Waals surface area contributed by atoms with Gasteiger partial charge in [0.2, 0.25) is 11.8 Å². The molecule has 1 aromatic carbocycles. The number of halogens is 1. The molecule has 0 aliphatic carbocycles. The van der Waals surface area contributed by atoms with Crippen molar-refractivity contribution in [3.05, 3.63) is 40.5 Å². The Balaban J connectivity index is 2.00. The number of aromatic nitrogens is 2. The number of aryl methyl sites for hydroxylation is 2. The second-order valence-corrected chi connectivity index (χ2v) is 4.33. The summed E-state index contributed by atoms with van der Waals surface area (Å²) in [7, 11) is 0. The molecule has 0 aliphatic heterocycles. The van der Waals surface area contributed by atoms with E-state index in [0.717, 1.165) is 5.56 Å². The van der Waals surface area contributed by atoms with Gasteiger partial charge >= 0.3 is 0 Å². The number of carbonyl (C=O) groups excluding carboxylic acids is 1. The number of hydrogen-bond acceptors (Lipinski definition) is 4. The Bertz CT molecular complexity index is 580. The average molecular weight is 266 g/mol. The van der Waals surface area contributed by atoms with Crippen LogP contribution in [0.2, 0.25) is 5.02 Å². The van der Waals surface area contributed by atoms with E-state index in [-0.39, 0.29) is 12.3 Å². The van der Waals surface area contributed by atoms with Crippen molar-refractivity contribution < 1.29 is 9.32 Å². The van der Waals surface area contributed by atoms with Crippen LogP contribution in [0.4, 0.5) is 5.69 Å². The first-order valence-corrected chi connectivity index (χ1v) is 5.77. The first kappa shape index (κ1) is 12.6. The van der Waals surface area contributed by atoms with Gasteiger partial charge in [0.05, 0.1) is 0 Å². The smallest absolute Gasteiger partial charge is 0.236 e. The van der Waals surface area contributed by atoms with Gasteiger partial charge in [-0.1, -0.05) is 22.8 Å². The molecule has 0 atom stereocenters. The number of rotatable bonds is 3. The summed E-state index contributed by atoms with van der Waals surface area (Å²) in [5.41, 5.74) is 1.61. The largest absolute Gasteiger partial charge is 0.339 e. The van der Waals surface area contributed by atoms with Crippen LogP contribution in [-0.4, -0.2) is 16.0 Å². The molecule has 94 valence electrons. The molecule has 1 aromatic heterocycles. The second-order valence-electron chi connectivity index (χ2n) is 3.92. The van der Waals surface area contributed by atoms with E-state index in [1.807, 2.05) is 13.0 Å². The van der Waals surface area contributed by atoms with Crippen LogP contribution in [0.3, 0.4) is 0 Å². The maximum atomic E-state index is 11.7. The number of anilines is 1. The van der Waals surface area contributed by atoms with Crippen molar-refractivity contribution in [3.8, 4) is 0 Å². The zero-order chi connectivity index (χ0) is 13.1. The molecule has 0 saturated carbocycles. The first-order chi connectivity index (χ1) is 8.54. The molecule has 1 amide bonds. The van der Waals surface area contributed by atoms with E-state index in [0.29, 0.717) is 22.4 Å². The summed E-state index contributed by atoms with van der Waals surface area (Å²) in [6, 6.07) is 5.33. The lowest BCUT2D eigenvalue weighted by atomic mass is 10.2. The molecule has 0 bridgehead atoms. The average Bonchev–Trinajstić information content (AvgIpc) is 2.69. The third kappa shape index (κ3) is 3.07. The van der Waals surface area contributed by atoms with Gasteiger partial charge in [0.25, 0.3) is 0 Å². The van der Waals surface area contributed by atoms with Crippen molar-refractivity contribution in [2.24, 2.45) is 0 Å². The molecule has 2 aromatic rings. The molecule has 0 fully saturated rings. The SMILES string of the molecule is Cc1noc(CC(=O)Nc2ccc(C)c(Cl)c2)n1. The Morgan fingerprint density at radius 3 is 2.83 bits per heavy atom. The third-order valence-electron chi connectivity index (χ3n) is 2.34. The molecule has 5 nitrogen and oxygen atoms in total. The molecule has 0 saturated heterocycles. The number of carbonyl (C=O) groups is 1. The Morgan fingerprint density at radius 1 is 1.44 bits per heavy atom. The van der Waals surface area contributed by atoms with Crippen LogP contribution < -0.4 is 5.32 Å². The number of nitrogens with one attached hydrogen (secondary N) is 1. The summed E-state index contributed by atoms with van der Waals surface area (Å²) < 4.78 is 4.87. The predicted molar refractivity (Wildman–Crippen MR) is 67.6 cm³/mol. The Labute approximate surface area is 109 Å². The quantitative estimate of drug-likeness (QED) is 0.926. The minimum absolute atomic E-state index is 0.0480. The molecule has 1 heterocycles. The molecule has 1 N–H and O–H groups in total. The summed E-state index contributed by atoms with van der Waals surface area (Å²) >= 11 is 5.97. The van der Waals surface area contributed by atoms with Crippen LogP contribution in [0.1, 0.15) is 17.3 Å². The van der Waals surface area contributed by atoms with Gasteiger partial charge in [-0.15, -0.1) is 0 Å². The fourth-order valence-electron chi connectivity index (χ4n) is 1.42. The highest BCUT2D eigenvalue weighted by Gasteiger charge is 2.10. The Hall–Kier alpha value is -1.88. The number of amides is 1. The molecule has 0 spiro atoms. The van der Waals surface area contributed by atoms with Crippen LogP contribution in [0.25, 0.3) is 0 Å². The standard InChI is InChI=1S/C12H12ClN3O2/c1-7-3-4-9(5-10(7)13)15-11(17)6-12-14-8(2)16-18-12/h3-5H,6H2,1-2H3,(H,15,17). The Kier molecular flexibility index (Phi) is 3.62. The third-order valence-corrected chi connectivity index (χ3v) is 2.74. The number of benzene rings is 1. The number of nitrogens with zero attached hydrogens (tertiary/aromatic N) is 2. The minimum atomic E-state index is -0.224. The molecular weight excluding hydrogens is 254 g/mol. The van der Waals surface area contributed by atoms with E-state index in [4.69, 9.17) is 16.1 Å².